The molecular formula is C28H30F4. The molecular weight excluding hydrogens is 412 g/mol. The average Bonchev–Trinajstić information content (AvgIpc) is 2.80. The second-order valence-electron chi connectivity index (χ2n) is 8.32. The third-order valence-corrected chi connectivity index (χ3v) is 5.92. The molecule has 0 heterocycles. The summed E-state index contributed by atoms with van der Waals surface area (Å²) in [5.41, 5.74) is 2.90. The molecule has 4 heteroatoms. The standard InChI is InChI=1S/C28H30F4/c1-3-5-6-8-22-17-18-24(28(32)27(22)31)20-12-9-19(10-13-20)11-14-23-16-15-21(7-4-2)25(29)26(23)30/h9-10,12-13,15-18H,3-8,11,14H2,1-2H3. The van der Waals surface area contributed by atoms with Gasteiger partial charge in [0.15, 0.2) is 23.3 Å². The molecule has 0 amide bonds. The van der Waals surface area contributed by atoms with E-state index < -0.39 is 23.3 Å². The highest BCUT2D eigenvalue weighted by Gasteiger charge is 2.15. The monoisotopic (exact) mass is 442 g/mol. The fourth-order valence-electron chi connectivity index (χ4n) is 3.99. The Labute approximate surface area is 188 Å². The molecule has 32 heavy (non-hydrogen) atoms. The second-order valence-corrected chi connectivity index (χ2v) is 8.32. The largest absolute Gasteiger partial charge is 0.203 e. The van der Waals surface area contributed by atoms with Crippen LogP contribution >= 0.6 is 0 Å². The van der Waals surface area contributed by atoms with Gasteiger partial charge in [0.2, 0.25) is 0 Å². The Morgan fingerprint density at radius 2 is 1.06 bits per heavy atom. The minimum Gasteiger partial charge on any atom is -0.203 e. The quantitative estimate of drug-likeness (QED) is 0.218. The number of hydrogen-bond donors (Lipinski definition) is 0. The van der Waals surface area contributed by atoms with Crippen molar-refractivity contribution in [3.05, 3.63) is 94.1 Å². The number of halogens is 4. The van der Waals surface area contributed by atoms with Crippen molar-refractivity contribution in [1.29, 1.82) is 0 Å². The van der Waals surface area contributed by atoms with Crippen LogP contribution < -0.4 is 0 Å². The summed E-state index contributed by atoms with van der Waals surface area (Å²) in [7, 11) is 0. The van der Waals surface area contributed by atoms with Crippen LogP contribution in [0.5, 0.6) is 0 Å². The summed E-state index contributed by atoms with van der Waals surface area (Å²) < 4.78 is 57.6. The summed E-state index contributed by atoms with van der Waals surface area (Å²) in [6.45, 7) is 4.00. The van der Waals surface area contributed by atoms with E-state index in [0.29, 0.717) is 47.9 Å². The van der Waals surface area contributed by atoms with Gasteiger partial charge in [-0.05, 0) is 59.9 Å². The molecule has 0 aromatic heterocycles. The average molecular weight is 443 g/mol. The molecule has 0 spiro atoms. The molecule has 0 N–H and O–H groups in total. The fourth-order valence-corrected chi connectivity index (χ4v) is 3.99. The smallest absolute Gasteiger partial charge is 0.166 e. The van der Waals surface area contributed by atoms with E-state index in [1.807, 2.05) is 19.1 Å². The van der Waals surface area contributed by atoms with Crippen LogP contribution in [0.25, 0.3) is 11.1 Å². The highest BCUT2D eigenvalue weighted by Crippen LogP contribution is 2.28. The third kappa shape index (κ3) is 5.59. The van der Waals surface area contributed by atoms with Gasteiger partial charge in [-0.25, -0.2) is 17.6 Å². The molecule has 0 radical (unpaired) electrons. The van der Waals surface area contributed by atoms with Crippen molar-refractivity contribution in [2.24, 2.45) is 0 Å². The van der Waals surface area contributed by atoms with Gasteiger partial charge in [0, 0.05) is 5.56 Å². The van der Waals surface area contributed by atoms with Crippen LogP contribution in [0.15, 0.2) is 48.5 Å². The summed E-state index contributed by atoms with van der Waals surface area (Å²) in [6, 6.07) is 13.7. The summed E-state index contributed by atoms with van der Waals surface area (Å²) in [5, 5.41) is 0. The zero-order chi connectivity index (χ0) is 23.1. The van der Waals surface area contributed by atoms with E-state index in [2.05, 4.69) is 6.92 Å². The van der Waals surface area contributed by atoms with Crippen molar-refractivity contribution in [3.63, 3.8) is 0 Å². The lowest BCUT2D eigenvalue weighted by Crippen LogP contribution is -2.01. The number of hydrogen-bond acceptors (Lipinski definition) is 0. The highest BCUT2D eigenvalue weighted by atomic mass is 19.2. The number of aryl methyl sites for hydroxylation is 4. The Morgan fingerprint density at radius 3 is 1.69 bits per heavy atom. The summed E-state index contributed by atoms with van der Waals surface area (Å²) >= 11 is 0. The zero-order valence-electron chi connectivity index (χ0n) is 18.8. The second kappa shape index (κ2) is 11.3. The van der Waals surface area contributed by atoms with Crippen LogP contribution in [-0.4, -0.2) is 0 Å². The first-order valence-corrected chi connectivity index (χ1v) is 11.5. The van der Waals surface area contributed by atoms with Crippen LogP contribution in [0.3, 0.4) is 0 Å². The van der Waals surface area contributed by atoms with Crippen molar-refractivity contribution in [1.82, 2.24) is 0 Å². The van der Waals surface area contributed by atoms with E-state index in [-0.39, 0.29) is 5.56 Å². The predicted octanol–water partition coefficient (Wildman–Crippen LogP) is 8.38. The Morgan fingerprint density at radius 1 is 0.500 bits per heavy atom. The molecule has 0 aliphatic heterocycles. The van der Waals surface area contributed by atoms with Crippen LogP contribution in [0, 0.1) is 23.3 Å². The lowest BCUT2D eigenvalue weighted by molar-refractivity contribution is 0.488. The fraction of sp³-hybridized carbons (Fsp3) is 0.357. The van der Waals surface area contributed by atoms with E-state index in [1.54, 1.807) is 36.4 Å². The van der Waals surface area contributed by atoms with Crippen LogP contribution in [-0.2, 0) is 25.7 Å². The van der Waals surface area contributed by atoms with Crippen LogP contribution in [0.2, 0.25) is 0 Å². The van der Waals surface area contributed by atoms with Crippen molar-refractivity contribution >= 4 is 0 Å². The van der Waals surface area contributed by atoms with E-state index in [9.17, 15) is 17.6 Å². The van der Waals surface area contributed by atoms with Gasteiger partial charge in [0.25, 0.3) is 0 Å². The van der Waals surface area contributed by atoms with Crippen LogP contribution in [0.4, 0.5) is 17.6 Å². The van der Waals surface area contributed by atoms with Crippen LogP contribution in [0.1, 0.15) is 61.8 Å². The normalized spacial score (nSPS) is 11.2. The molecule has 170 valence electrons. The number of benzene rings is 3. The van der Waals surface area contributed by atoms with Gasteiger partial charge in [-0.3, -0.25) is 0 Å². The molecule has 3 rings (SSSR count). The van der Waals surface area contributed by atoms with Gasteiger partial charge in [-0.2, -0.15) is 0 Å². The van der Waals surface area contributed by atoms with Crippen molar-refractivity contribution in [2.75, 3.05) is 0 Å². The molecule has 0 nitrogen and oxygen atoms in total. The van der Waals surface area contributed by atoms with Crippen molar-refractivity contribution in [2.45, 2.75) is 65.2 Å². The van der Waals surface area contributed by atoms with Crippen molar-refractivity contribution < 1.29 is 17.6 Å². The third-order valence-electron chi connectivity index (χ3n) is 5.92. The Bertz CT molecular complexity index is 1040. The van der Waals surface area contributed by atoms with Gasteiger partial charge in [-0.15, -0.1) is 0 Å². The van der Waals surface area contributed by atoms with Gasteiger partial charge in [0.05, 0.1) is 0 Å². The number of unbranched alkanes of at least 4 members (excludes halogenated alkanes) is 2. The maximum atomic E-state index is 14.6. The van der Waals surface area contributed by atoms with Gasteiger partial charge in [0.1, 0.15) is 0 Å². The molecule has 0 aliphatic rings. The predicted molar refractivity (Wildman–Crippen MR) is 123 cm³/mol. The maximum Gasteiger partial charge on any atom is 0.166 e. The molecule has 3 aromatic carbocycles. The molecule has 0 unspecified atom stereocenters. The first kappa shape index (κ1) is 24.0. The minimum atomic E-state index is -0.823. The van der Waals surface area contributed by atoms with E-state index in [4.69, 9.17) is 0 Å². The van der Waals surface area contributed by atoms with Crippen molar-refractivity contribution in [3.8, 4) is 11.1 Å². The summed E-state index contributed by atoms with van der Waals surface area (Å²) in [6.07, 6.45) is 5.56. The molecule has 0 saturated carbocycles. The molecule has 0 aliphatic carbocycles. The summed E-state index contributed by atoms with van der Waals surface area (Å²) in [5.74, 6) is -3.12. The molecule has 0 fully saturated rings. The van der Waals surface area contributed by atoms with Gasteiger partial charge >= 0.3 is 0 Å². The van der Waals surface area contributed by atoms with E-state index in [0.717, 1.165) is 31.2 Å². The number of rotatable bonds is 10. The van der Waals surface area contributed by atoms with E-state index >= 15 is 0 Å². The highest BCUT2D eigenvalue weighted by molar-refractivity contribution is 5.65. The molecule has 0 bridgehead atoms. The minimum absolute atomic E-state index is 0.230. The lowest BCUT2D eigenvalue weighted by Gasteiger charge is -2.10. The van der Waals surface area contributed by atoms with Gasteiger partial charge < -0.3 is 0 Å². The Hall–Kier alpha value is -2.62. The first-order chi connectivity index (χ1) is 15.5. The summed E-state index contributed by atoms with van der Waals surface area (Å²) in [4.78, 5) is 0. The lowest BCUT2D eigenvalue weighted by atomic mass is 9.97. The first-order valence-electron chi connectivity index (χ1n) is 11.5. The van der Waals surface area contributed by atoms with E-state index in [1.165, 1.54) is 0 Å². The topological polar surface area (TPSA) is 0 Å². The molecule has 3 aromatic rings. The maximum absolute atomic E-state index is 14.6. The SMILES string of the molecule is CCCCCc1ccc(-c2ccc(CCc3ccc(CCC)c(F)c3F)cc2)c(F)c1F. The molecule has 0 atom stereocenters. The zero-order valence-corrected chi connectivity index (χ0v) is 18.8. The van der Waals surface area contributed by atoms with Gasteiger partial charge in [-0.1, -0.05) is 81.6 Å². The Kier molecular flexibility index (Phi) is 8.49. The molecule has 0 saturated heterocycles. The Balaban J connectivity index is 1.69.